The van der Waals surface area contributed by atoms with E-state index in [0.717, 1.165) is 15.9 Å². The summed E-state index contributed by atoms with van der Waals surface area (Å²) in [7, 11) is -3.44. The van der Waals surface area contributed by atoms with Gasteiger partial charge in [0.1, 0.15) is 4.21 Å². The van der Waals surface area contributed by atoms with Crippen molar-refractivity contribution >= 4 is 31.4 Å². The highest BCUT2D eigenvalue weighted by Gasteiger charge is 2.20. The van der Waals surface area contributed by atoms with E-state index in [0.29, 0.717) is 9.10 Å². The standard InChI is InChI=1S/C14H11NO2S2/c1-10-7-8-13-12(15-10)9-14(18-13)19(16,17)11-5-3-2-4-6-11/h2-9H,1H3. The number of benzene rings is 1. The first-order valence-corrected chi connectivity index (χ1v) is 8.05. The molecule has 0 aliphatic heterocycles. The molecule has 5 heteroatoms. The molecular formula is C14H11NO2S2. The quantitative estimate of drug-likeness (QED) is 0.726. The van der Waals surface area contributed by atoms with Crippen LogP contribution in [0.15, 0.2) is 57.6 Å². The van der Waals surface area contributed by atoms with Crippen LogP contribution in [0, 0.1) is 6.92 Å². The molecule has 0 aliphatic rings. The second-order valence-electron chi connectivity index (χ2n) is 4.22. The lowest BCUT2D eigenvalue weighted by Crippen LogP contribution is -1.98. The SMILES string of the molecule is Cc1ccc2sc(S(=O)(=O)c3ccccc3)cc2n1. The van der Waals surface area contributed by atoms with Gasteiger partial charge in [-0.1, -0.05) is 18.2 Å². The van der Waals surface area contributed by atoms with E-state index < -0.39 is 9.84 Å². The van der Waals surface area contributed by atoms with Crippen molar-refractivity contribution in [3.8, 4) is 0 Å². The normalized spacial score (nSPS) is 11.8. The molecule has 3 aromatic rings. The van der Waals surface area contributed by atoms with Crippen LogP contribution < -0.4 is 0 Å². The number of fused-ring (bicyclic) bond motifs is 1. The molecule has 0 saturated carbocycles. The first-order chi connectivity index (χ1) is 9.07. The highest BCUT2D eigenvalue weighted by molar-refractivity contribution is 7.93. The summed E-state index contributed by atoms with van der Waals surface area (Å²) < 4.78 is 26.2. The van der Waals surface area contributed by atoms with Crippen LogP contribution >= 0.6 is 11.3 Å². The molecule has 2 heterocycles. The van der Waals surface area contributed by atoms with Crippen LogP contribution in [0.3, 0.4) is 0 Å². The van der Waals surface area contributed by atoms with E-state index in [1.165, 1.54) is 11.3 Å². The minimum atomic E-state index is -3.44. The number of pyridine rings is 1. The number of thiophene rings is 1. The lowest BCUT2D eigenvalue weighted by molar-refractivity contribution is 0.598. The fraction of sp³-hybridized carbons (Fsp3) is 0.0714. The second kappa shape index (κ2) is 4.43. The van der Waals surface area contributed by atoms with Crippen molar-refractivity contribution in [2.45, 2.75) is 16.0 Å². The van der Waals surface area contributed by atoms with Gasteiger partial charge in [-0.2, -0.15) is 0 Å². The number of nitrogens with zero attached hydrogens (tertiary/aromatic N) is 1. The molecule has 0 amide bonds. The van der Waals surface area contributed by atoms with Gasteiger partial charge in [0.2, 0.25) is 9.84 Å². The van der Waals surface area contributed by atoms with Crippen LogP contribution in [0.1, 0.15) is 5.69 Å². The zero-order chi connectivity index (χ0) is 13.5. The first kappa shape index (κ1) is 12.3. The topological polar surface area (TPSA) is 47.0 Å². The zero-order valence-electron chi connectivity index (χ0n) is 10.2. The molecule has 0 fully saturated rings. The summed E-state index contributed by atoms with van der Waals surface area (Å²) in [6.07, 6.45) is 0. The fourth-order valence-electron chi connectivity index (χ4n) is 1.85. The third kappa shape index (κ3) is 2.15. The Hall–Kier alpha value is -1.72. The maximum Gasteiger partial charge on any atom is 0.216 e. The molecule has 0 unspecified atom stereocenters. The summed E-state index contributed by atoms with van der Waals surface area (Å²) in [6.45, 7) is 1.89. The van der Waals surface area contributed by atoms with Crippen LogP contribution in [-0.2, 0) is 9.84 Å². The maximum absolute atomic E-state index is 12.5. The third-order valence-electron chi connectivity index (χ3n) is 2.81. The molecule has 0 saturated heterocycles. The van der Waals surface area contributed by atoms with Crippen molar-refractivity contribution in [3.63, 3.8) is 0 Å². The molecule has 0 radical (unpaired) electrons. The Morgan fingerprint density at radius 3 is 2.53 bits per heavy atom. The van der Waals surface area contributed by atoms with Crippen molar-refractivity contribution in [3.05, 3.63) is 54.2 Å². The molecule has 0 N–H and O–H groups in total. The highest BCUT2D eigenvalue weighted by atomic mass is 32.2. The smallest absolute Gasteiger partial charge is 0.216 e. The molecule has 1 aromatic carbocycles. The van der Waals surface area contributed by atoms with Gasteiger partial charge in [0.15, 0.2) is 0 Å². The molecule has 19 heavy (non-hydrogen) atoms. The summed E-state index contributed by atoms with van der Waals surface area (Å²) in [5.74, 6) is 0. The van der Waals surface area contributed by atoms with E-state index in [4.69, 9.17) is 0 Å². The molecular weight excluding hydrogens is 278 g/mol. The minimum absolute atomic E-state index is 0.318. The van der Waals surface area contributed by atoms with Gasteiger partial charge < -0.3 is 0 Å². The number of sulfone groups is 1. The molecule has 96 valence electrons. The van der Waals surface area contributed by atoms with E-state index in [1.807, 2.05) is 19.1 Å². The largest absolute Gasteiger partial charge is 0.252 e. The Morgan fingerprint density at radius 2 is 1.79 bits per heavy atom. The van der Waals surface area contributed by atoms with Crippen LogP contribution in [0.2, 0.25) is 0 Å². The summed E-state index contributed by atoms with van der Waals surface area (Å²) in [6, 6.07) is 13.9. The molecule has 0 bridgehead atoms. The molecule has 0 aliphatic carbocycles. The number of hydrogen-bond donors (Lipinski definition) is 0. The fourth-order valence-corrected chi connectivity index (χ4v) is 4.60. The lowest BCUT2D eigenvalue weighted by Gasteiger charge is -1.99. The lowest BCUT2D eigenvalue weighted by atomic mass is 10.3. The van der Waals surface area contributed by atoms with E-state index in [-0.39, 0.29) is 0 Å². The van der Waals surface area contributed by atoms with Crippen molar-refractivity contribution in [1.82, 2.24) is 4.98 Å². The summed E-state index contributed by atoms with van der Waals surface area (Å²) >= 11 is 1.26. The predicted octanol–water partition coefficient (Wildman–Crippen LogP) is 3.44. The van der Waals surface area contributed by atoms with Gasteiger partial charge in [-0.05, 0) is 37.3 Å². The average molecular weight is 289 g/mol. The molecule has 3 rings (SSSR count). The third-order valence-corrected chi connectivity index (χ3v) is 6.14. The van der Waals surface area contributed by atoms with Gasteiger partial charge in [0.05, 0.1) is 15.1 Å². The van der Waals surface area contributed by atoms with Gasteiger partial charge in [-0.25, -0.2) is 8.42 Å². The summed E-state index contributed by atoms with van der Waals surface area (Å²) in [5, 5.41) is 0. The van der Waals surface area contributed by atoms with Gasteiger partial charge >= 0.3 is 0 Å². The van der Waals surface area contributed by atoms with Gasteiger partial charge in [0, 0.05) is 5.69 Å². The monoisotopic (exact) mass is 289 g/mol. The van der Waals surface area contributed by atoms with E-state index in [2.05, 4.69) is 4.98 Å². The first-order valence-electron chi connectivity index (χ1n) is 5.75. The minimum Gasteiger partial charge on any atom is -0.252 e. The molecule has 3 nitrogen and oxygen atoms in total. The summed E-state index contributed by atoms with van der Waals surface area (Å²) in [5.41, 5.74) is 1.62. The maximum atomic E-state index is 12.5. The van der Waals surface area contributed by atoms with Crippen molar-refractivity contribution in [2.24, 2.45) is 0 Å². The predicted molar refractivity (Wildman–Crippen MR) is 76.3 cm³/mol. The van der Waals surface area contributed by atoms with Gasteiger partial charge in [-0.15, -0.1) is 11.3 Å². The molecule has 0 atom stereocenters. The van der Waals surface area contributed by atoms with Crippen molar-refractivity contribution in [1.29, 1.82) is 0 Å². The zero-order valence-corrected chi connectivity index (χ0v) is 11.8. The van der Waals surface area contributed by atoms with Gasteiger partial charge in [-0.3, -0.25) is 4.98 Å². The number of hydrogen-bond acceptors (Lipinski definition) is 4. The highest BCUT2D eigenvalue weighted by Crippen LogP contribution is 2.31. The van der Waals surface area contributed by atoms with Crippen LogP contribution in [0.25, 0.3) is 10.2 Å². The van der Waals surface area contributed by atoms with Crippen molar-refractivity contribution < 1.29 is 8.42 Å². The number of aryl methyl sites for hydroxylation is 1. The Morgan fingerprint density at radius 1 is 1.05 bits per heavy atom. The summed E-state index contributed by atoms with van der Waals surface area (Å²) in [4.78, 5) is 4.67. The van der Waals surface area contributed by atoms with Crippen LogP contribution in [0.5, 0.6) is 0 Å². The Kier molecular flexibility index (Phi) is 2.88. The second-order valence-corrected chi connectivity index (χ2v) is 7.48. The van der Waals surface area contributed by atoms with Crippen LogP contribution in [0.4, 0.5) is 0 Å². The molecule has 0 spiro atoms. The van der Waals surface area contributed by atoms with E-state index in [1.54, 1.807) is 36.4 Å². The van der Waals surface area contributed by atoms with E-state index >= 15 is 0 Å². The van der Waals surface area contributed by atoms with Crippen molar-refractivity contribution in [2.75, 3.05) is 0 Å². The van der Waals surface area contributed by atoms with E-state index in [9.17, 15) is 8.42 Å². The molecule has 2 aromatic heterocycles. The number of rotatable bonds is 2. The Bertz CT molecular complexity index is 836. The Balaban J connectivity index is 2.19. The average Bonchev–Trinajstić information content (AvgIpc) is 2.83. The van der Waals surface area contributed by atoms with Gasteiger partial charge in [0.25, 0.3) is 0 Å². The Labute approximate surface area is 115 Å². The number of aromatic nitrogens is 1. The van der Waals surface area contributed by atoms with Crippen LogP contribution in [-0.4, -0.2) is 13.4 Å².